The van der Waals surface area contributed by atoms with Crippen LogP contribution >= 0.6 is 0 Å². The molecule has 120 valence electrons. The van der Waals surface area contributed by atoms with Crippen LogP contribution in [0.4, 0.5) is 5.69 Å². The van der Waals surface area contributed by atoms with Crippen LogP contribution in [-0.2, 0) is 14.6 Å². The van der Waals surface area contributed by atoms with Gasteiger partial charge in [-0.3, -0.25) is 0 Å². The van der Waals surface area contributed by atoms with E-state index in [9.17, 15) is 18.3 Å². The first-order valence-electron chi connectivity index (χ1n) is 7.40. The molecule has 1 heterocycles. The van der Waals surface area contributed by atoms with Gasteiger partial charge in [0.2, 0.25) is 0 Å². The number of carbonyl (C=O) groups is 1. The number of hydrogen-bond donors (Lipinski definition) is 1. The number of rotatable bonds is 5. The van der Waals surface area contributed by atoms with Gasteiger partial charge in [-0.1, -0.05) is 0 Å². The monoisotopic (exact) mass is 325 g/mol. The van der Waals surface area contributed by atoms with Crippen LogP contribution in [0.15, 0.2) is 23.1 Å². The van der Waals surface area contributed by atoms with Gasteiger partial charge in [0.25, 0.3) is 0 Å². The second-order valence-corrected chi connectivity index (χ2v) is 7.84. The fourth-order valence-electron chi connectivity index (χ4n) is 2.65. The number of aromatic carboxylic acids is 1. The van der Waals surface area contributed by atoms with Crippen LogP contribution in [0.3, 0.4) is 0 Å². The number of carboxylic acids is 1. The van der Waals surface area contributed by atoms with E-state index in [0.717, 1.165) is 12.8 Å². The Labute approximate surface area is 129 Å². The predicted molar refractivity (Wildman–Crippen MR) is 81.2 cm³/mol. The molecule has 0 radical (unpaired) electrons. The number of benzene rings is 1. The van der Waals surface area contributed by atoms with Crippen molar-refractivity contribution in [3.05, 3.63) is 23.8 Å². The molecule has 0 bridgehead atoms. The molecule has 2 fully saturated rings. The average Bonchev–Trinajstić information content (AvgIpc) is 3.30. The number of carboxylic acid groups (broad SMARTS) is 1. The van der Waals surface area contributed by atoms with E-state index in [4.69, 9.17) is 4.74 Å². The number of morpholine rings is 1. The van der Waals surface area contributed by atoms with E-state index in [2.05, 4.69) is 0 Å². The van der Waals surface area contributed by atoms with E-state index < -0.39 is 15.8 Å². The highest BCUT2D eigenvalue weighted by Gasteiger charge is 2.30. The highest BCUT2D eigenvalue weighted by molar-refractivity contribution is 7.91. The maximum absolute atomic E-state index is 12.3. The minimum atomic E-state index is -3.41. The zero-order chi connectivity index (χ0) is 15.7. The van der Waals surface area contributed by atoms with Crippen molar-refractivity contribution in [1.82, 2.24) is 0 Å². The third kappa shape index (κ3) is 3.25. The van der Waals surface area contributed by atoms with Gasteiger partial charge in [-0.15, -0.1) is 0 Å². The molecule has 0 spiro atoms. The van der Waals surface area contributed by atoms with Crippen molar-refractivity contribution in [2.24, 2.45) is 5.92 Å². The van der Waals surface area contributed by atoms with Gasteiger partial charge in [0.1, 0.15) is 0 Å². The largest absolute Gasteiger partial charge is 0.478 e. The summed E-state index contributed by atoms with van der Waals surface area (Å²) < 4.78 is 29.9. The van der Waals surface area contributed by atoms with Gasteiger partial charge in [0.15, 0.2) is 9.84 Å². The molecule has 1 N–H and O–H groups in total. The van der Waals surface area contributed by atoms with E-state index in [1.165, 1.54) is 12.1 Å². The Morgan fingerprint density at radius 1 is 1.27 bits per heavy atom. The maximum Gasteiger partial charge on any atom is 0.337 e. The molecule has 22 heavy (non-hydrogen) atoms. The molecule has 0 atom stereocenters. The summed E-state index contributed by atoms with van der Waals surface area (Å²) in [6.07, 6.45) is 1.88. The molecule has 1 aromatic carbocycles. The number of sulfone groups is 1. The van der Waals surface area contributed by atoms with Crippen LogP contribution in [0.5, 0.6) is 0 Å². The van der Waals surface area contributed by atoms with Crippen LogP contribution in [0.1, 0.15) is 23.2 Å². The molecule has 2 aliphatic rings. The van der Waals surface area contributed by atoms with Gasteiger partial charge in [-0.05, 0) is 37.0 Å². The summed E-state index contributed by atoms with van der Waals surface area (Å²) in [5.41, 5.74) is 0.597. The fraction of sp³-hybridized carbons (Fsp3) is 0.533. The van der Waals surface area contributed by atoms with E-state index in [1.807, 2.05) is 4.90 Å². The number of nitrogens with zero attached hydrogens (tertiary/aromatic N) is 1. The topological polar surface area (TPSA) is 83.9 Å². The Morgan fingerprint density at radius 3 is 2.55 bits per heavy atom. The Bertz CT molecular complexity index is 675. The second-order valence-electron chi connectivity index (χ2n) is 5.81. The predicted octanol–water partition coefficient (Wildman–Crippen LogP) is 1.41. The van der Waals surface area contributed by atoms with Crippen LogP contribution in [0.25, 0.3) is 0 Å². The Balaban J connectivity index is 1.94. The Hall–Kier alpha value is -1.60. The van der Waals surface area contributed by atoms with Crippen LogP contribution in [0.2, 0.25) is 0 Å². The van der Waals surface area contributed by atoms with Crippen LogP contribution < -0.4 is 4.90 Å². The highest BCUT2D eigenvalue weighted by atomic mass is 32.2. The lowest BCUT2D eigenvalue weighted by Crippen LogP contribution is -2.37. The van der Waals surface area contributed by atoms with Crippen LogP contribution in [0, 0.1) is 5.92 Å². The zero-order valence-electron chi connectivity index (χ0n) is 12.2. The van der Waals surface area contributed by atoms with Gasteiger partial charge < -0.3 is 14.7 Å². The van der Waals surface area contributed by atoms with Gasteiger partial charge in [-0.25, -0.2) is 13.2 Å². The lowest BCUT2D eigenvalue weighted by molar-refractivity contribution is 0.0696. The van der Waals surface area contributed by atoms with Crippen molar-refractivity contribution < 1.29 is 23.1 Å². The maximum atomic E-state index is 12.3. The zero-order valence-corrected chi connectivity index (χ0v) is 13.0. The molecule has 6 nitrogen and oxygen atoms in total. The molecule has 1 saturated heterocycles. The van der Waals surface area contributed by atoms with Gasteiger partial charge in [-0.2, -0.15) is 0 Å². The molecule has 1 aliphatic carbocycles. The number of anilines is 1. The smallest absolute Gasteiger partial charge is 0.337 e. The van der Waals surface area contributed by atoms with Crippen molar-refractivity contribution in [3.8, 4) is 0 Å². The van der Waals surface area contributed by atoms with Crippen LogP contribution in [-0.4, -0.2) is 51.5 Å². The van der Waals surface area contributed by atoms with E-state index >= 15 is 0 Å². The van der Waals surface area contributed by atoms with Gasteiger partial charge in [0.05, 0.1) is 35.1 Å². The molecule has 0 unspecified atom stereocenters. The van der Waals surface area contributed by atoms with Gasteiger partial charge in [0, 0.05) is 13.1 Å². The molecular formula is C15H19NO5S. The molecule has 7 heteroatoms. The summed E-state index contributed by atoms with van der Waals surface area (Å²) in [7, 11) is -3.41. The van der Waals surface area contributed by atoms with Crippen molar-refractivity contribution >= 4 is 21.5 Å². The molecule has 1 saturated carbocycles. The molecule has 1 aliphatic heterocycles. The lowest BCUT2D eigenvalue weighted by Gasteiger charge is -2.30. The lowest BCUT2D eigenvalue weighted by atomic mass is 10.1. The van der Waals surface area contributed by atoms with E-state index in [1.54, 1.807) is 6.07 Å². The molecular weight excluding hydrogens is 306 g/mol. The first-order valence-corrected chi connectivity index (χ1v) is 9.05. The van der Waals surface area contributed by atoms with E-state index in [-0.39, 0.29) is 22.1 Å². The summed E-state index contributed by atoms with van der Waals surface area (Å²) >= 11 is 0. The fourth-order valence-corrected chi connectivity index (χ4v) is 4.37. The summed E-state index contributed by atoms with van der Waals surface area (Å²) in [6.45, 7) is 2.30. The average molecular weight is 325 g/mol. The highest BCUT2D eigenvalue weighted by Crippen LogP contribution is 2.33. The van der Waals surface area contributed by atoms with E-state index in [0.29, 0.717) is 32.0 Å². The second kappa shape index (κ2) is 5.89. The van der Waals surface area contributed by atoms with Gasteiger partial charge >= 0.3 is 5.97 Å². The summed E-state index contributed by atoms with van der Waals surface area (Å²) in [4.78, 5) is 13.6. The Morgan fingerprint density at radius 2 is 1.95 bits per heavy atom. The summed E-state index contributed by atoms with van der Waals surface area (Å²) in [5, 5.41) is 9.43. The molecule has 1 aromatic rings. The minimum absolute atomic E-state index is 0.0405. The third-order valence-electron chi connectivity index (χ3n) is 4.06. The third-order valence-corrected chi connectivity index (χ3v) is 5.94. The summed E-state index contributed by atoms with van der Waals surface area (Å²) in [5.74, 6) is -0.759. The SMILES string of the molecule is O=C(O)c1cc(S(=O)(=O)CC2CC2)ccc1N1CCOCC1. The number of hydrogen-bond acceptors (Lipinski definition) is 5. The van der Waals surface area contributed by atoms with Crippen molar-refractivity contribution in [3.63, 3.8) is 0 Å². The minimum Gasteiger partial charge on any atom is -0.478 e. The summed E-state index contributed by atoms with van der Waals surface area (Å²) in [6, 6.07) is 4.42. The quantitative estimate of drug-likeness (QED) is 0.881. The Kier molecular flexibility index (Phi) is 4.10. The van der Waals surface area contributed by atoms with Crippen molar-refractivity contribution in [2.45, 2.75) is 17.7 Å². The van der Waals surface area contributed by atoms with Crippen molar-refractivity contribution in [2.75, 3.05) is 37.0 Å². The molecule has 0 amide bonds. The standard InChI is InChI=1S/C15H19NO5S/c17-15(18)13-9-12(22(19,20)10-11-1-2-11)3-4-14(13)16-5-7-21-8-6-16/h3-4,9,11H,1-2,5-8,10H2,(H,17,18). The molecule has 3 rings (SSSR count). The first kappa shape index (κ1) is 15.3. The normalized spacial score (nSPS) is 19.2. The number of ether oxygens (including phenoxy) is 1. The molecule has 0 aromatic heterocycles. The first-order chi connectivity index (χ1) is 10.5. The van der Waals surface area contributed by atoms with Crippen molar-refractivity contribution in [1.29, 1.82) is 0 Å².